The topological polar surface area (TPSA) is 83.9 Å². The lowest BCUT2D eigenvalue weighted by Crippen LogP contribution is -2.37. The van der Waals surface area contributed by atoms with E-state index in [4.69, 9.17) is 21.1 Å². The van der Waals surface area contributed by atoms with Gasteiger partial charge in [0.15, 0.2) is 11.5 Å². The molecule has 0 saturated carbocycles. The molecule has 1 amide bonds. The number of hydrogen-bond donors (Lipinski definition) is 2. The standard InChI is InChI=1S/C18H20ClN3O4/c1-10(17(23)11-4-5-13-14(6-11)26-9-25-13)20-18(24)12-7-15(19)21-16(8-12)22(2)3/h4-8,10,17,23H,9H2,1-3H3,(H,20,24)/t10-,17-/m0/s1. The van der Waals surface area contributed by atoms with Crippen molar-refractivity contribution in [2.45, 2.75) is 19.1 Å². The van der Waals surface area contributed by atoms with Crippen LogP contribution in [0.25, 0.3) is 0 Å². The number of ether oxygens (including phenoxy) is 2. The van der Waals surface area contributed by atoms with Crippen molar-refractivity contribution in [1.29, 1.82) is 0 Å². The Hall–Kier alpha value is -2.51. The van der Waals surface area contributed by atoms with Crippen molar-refractivity contribution < 1.29 is 19.4 Å². The Labute approximate surface area is 156 Å². The minimum atomic E-state index is -0.904. The van der Waals surface area contributed by atoms with Crippen LogP contribution >= 0.6 is 11.6 Å². The number of carbonyl (C=O) groups is 1. The minimum Gasteiger partial charge on any atom is -0.454 e. The maximum absolute atomic E-state index is 12.5. The van der Waals surface area contributed by atoms with Crippen molar-refractivity contribution in [1.82, 2.24) is 10.3 Å². The van der Waals surface area contributed by atoms with Crippen LogP contribution in [0.5, 0.6) is 11.5 Å². The summed E-state index contributed by atoms with van der Waals surface area (Å²) >= 11 is 5.99. The molecular weight excluding hydrogens is 358 g/mol. The first kappa shape index (κ1) is 18.3. The third kappa shape index (κ3) is 3.84. The first-order chi connectivity index (χ1) is 12.3. The van der Waals surface area contributed by atoms with Crippen LogP contribution in [0.3, 0.4) is 0 Å². The molecule has 0 bridgehead atoms. The second kappa shape index (κ2) is 7.39. The fourth-order valence-corrected chi connectivity index (χ4v) is 2.80. The molecule has 2 N–H and O–H groups in total. The predicted molar refractivity (Wildman–Crippen MR) is 98.0 cm³/mol. The molecule has 3 rings (SSSR count). The molecule has 0 radical (unpaired) electrons. The molecule has 0 fully saturated rings. The molecule has 1 aliphatic rings. The predicted octanol–water partition coefficient (Wildman–Crippen LogP) is 2.38. The van der Waals surface area contributed by atoms with Crippen molar-refractivity contribution >= 4 is 23.3 Å². The van der Waals surface area contributed by atoms with E-state index < -0.39 is 12.1 Å². The third-order valence-electron chi connectivity index (χ3n) is 4.07. The Morgan fingerprint density at radius 1 is 1.27 bits per heavy atom. The molecule has 26 heavy (non-hydrogen) atoms. The number of hydrogen-bond acceptors (Lipinski definition) is 6. The van der Waals surface area contributed by atoms with Crippen LogP contribution in [-0.4, -0.2) is 42.9 Å². The van der Waals surface area contributed by atoms with Gasteiger partial charge in [-0.1, -0.05) is 17.7 Å². The summed E-state index contributed by atoms with van der Waals surface area (Å²) in [5.74, 6) is 1.45. The van der Waals surface area contributed by atoms with Gasteiger partial charge in [-0.15, -0.1) is 0 Å². The van der Waals surface area contributed by atoms with Gasteiger partial charge < -0.3 is 24.8 Å². The van der Waals surface area contributed by atoms with Crippen molar-refractivity contribution in [2.24, 2.45) is 0 Å². The largest absolute Gasteiger partial charge is 0.454 e. The van der Waals surface area contributed by atoms with Gasteiger partial charge in [-0.3, -0.25) is 4.79 Å². The van der Waals surface area contributed by atoms with Gasteiger partial charge >= 0.3 is 0 Å². The minimum absolute atomic E-state index is 0.165. The molecule has 2 atom stereocenters. The Bertz CT molecular complexity index is 828. The number of fused-ring (bicyclic) bond motifs is 1. The Morgan fingerprint density at radius 3 is 2.73 bits per heavy atom. The molecule has 2 aromatic rings. The lowest BCUT2D eigenvalue weighted by Gasteiger charge is -2.21. The summed E-state index contributed by atoms with van der Waals surface area (Å²) in [5.41, 5.74) is 1.00. The first-order valence-electron chi connectivity index (χ1n) is 8.08. The Morgan fingerprint density at radius 2 is 2.00 bits per heavy atom. The van der Waals surface area contributed by atoms with Crippen molar-refractivity contribution in [2.75, 3.05) is 25.8 Å². The number of pyridine rings is 1. The van der Waals surface area contributed by atoms with Gasteiger partial charge in [-0.05, 0) is 36.8 Å². The highest BCUT2D eigenvalue weighted by Gasteiger charge is 2.22. The molecule has 0 saturated heterocycles. The normalized spacial score (nSPS) is 14.7. The van der Waals surface area contributed by atoms with Crippen LogP contribution in [-0.2, 0) is 0 Å². The highest BCUT2D eigenvalue weighted by Crippen LogP contribution is 2.34. The van der Waals surface area contributed by atoms with E-state index in [-0.39, 0.29) is 17.9 Å². The number of carbonyl (C=O) groups excluding carboxylic acids is 1. The lowest BCUT2D eigenvalue weighted by molar-refractivity contribution is 0.0852. The molecule has 1 aromatic heterocycles. The second-order valence-electron chi connectivity index (χ2n) is 6.25. The van der Waals surface area contributed by atoms with Crippen molar-refractivity contribution in [3.05, 3.63) is 46.6 Å². The zero-order valence-electron chi connectivity index (χ0n) is 14.7. The van der Waals surface area contributed by atoms with E-state index in [1.165, 1.54) is 6.07 Å². The number of halogens is 1. The summed E-state index contributed by atoms with van der Waals surface area (Å²) in [7, 11) is 3.62. The monoisotopic (exact) mass is 377 g/mol. The van der Waals surface area contributed by atoms with E-state index in [0.717, 1.165) is 0 Å². The molecular formula is C18H20ClN3O4. The van der Waals surface area contributed by atoms with E-state index in [9.17, 15) is 9.90 Å². The Kier molecular flexibility index (Phi) is 5.20. The number of benzene rings is 1. The molecule has 2 heterocycles. The molecule has 7 nitrogen and oxygen atoms in total. The van der Waals surface area contributed by atoms with E-state index in [2.05, 4.69) is 10.3 Å². The van der Waals surface area contributed by atoms with Crippen molar-refractivity contribution in [3.8, 4) is 11.5 Å². The summed E-state index contributed by atoms with van der Waals surface area (Å²) in [6.45, 7) is 1.89. The Balaban J connectivity index is 1.73. The summed E-state index contributed by atoms with van der Waals surface area (Å²) in [6, 6.07) is 7.79. The maximum atomic E-state index is 12.5. The summed E-state index contributed by atoms with van der Waals surface area (Å²) in [5, 5.41) is 13.6. The zero-order valence-corrected chi connectivity index (χ0v) is 15.4. The SMILES string of the molecule is C[C@H](NC(=O)c1cc(Cl)nc(N(C)C)c1)[C@H](O)c1ccc2c(c1)OCO2. The number of aromatic nitrogens is 1. The van der Waals surface area contributed by atoms with Crippen LogP contribution < -0.4 is 19.7 Å². The van der Waals surface area contributed by atoms with Gasteiger partial charge in [0.25, 0.3) is 5.91 Å². The van der Waals surface area contributed by atoms with E-state index in [0.29, 0.717) is 28.4 Å². The number of rotatable bonds is 5. The lowest BCUT2D eigenvalue weighted by atomic mass is 10.0. The van der Waals surface area contributed by atoms with Crippen LogP contribution in [0.1, 0.15) is 28.9 Å². The fourth-order valence-electron chi connectivity index (χ4n) is 2.60. The molecule has 0 spiro atoms. The van der Waals surface area contributed by atoms with Gasteiger partial charge in [-0.25, -0.2) is 4.98 Å². The van der Waals surface area contributed by atoms with E-state index in [1.54, 1.807) is 36.1 Å². The van der Waals surface area contributed by atoms with Gasteiger partial charge in [0.05, 0.1) is 12.1 Å². The average molecular weight is 378 g/mol. The van der Waals surface area contributed by atoms with Gasteiger partial charge in [0.2, 0.25) is 6.79 Å². The van der Waals surface area contributed by atoms with Gasteiger partial charge in [0, 0.05) is 19.7 Å². The highest BCUT2D eigenvalue weighted by molar-refractivity contribution is 6.29. The van der Waals surface area contributed by atoms with E-state index >= 15 is 0 Å². The molecule has 1 aliphatic heterocycles. The number of aliphatic hydroxyl groups excluding tert-OH is 1. The molecule has 0 aliphatic carbocycles. The molecule has 8 heteroatoms. The molecule has 1 aromatic carbocycles. The van der Waals surface area contributed by atoms with Gasteiger partial charge in [0.1, 0.15) is 11.0 Å². The quantitative estimate of drug-likeness (QED) is 0.778. The number of aliphatic hydroxyl groups is 1. The summed E-state index contributed by atoms with van der Waals surface area (Å²) in [4.78, 5) is 18.4. The number of amides is 1. The number of nitrogens with one attached hydrogen (secondary N) is 1. The summed E-state index contributed by atoms with van der Waals surface area (Å²) in [6.07, 6.45) is -0.904. The molecule has 0 unspecified atom stereocenters. The van der Waals surface area contributed by atoms with Crippen LogP contribution in [0, 0.1) is 0 Å². The van der Waals surface area contributed by atoms with Crippen LogP contribution in [0.4, 0.5) is 5.82 Å². The van der Waals surface area contributed by atoms with E-state index in [1.807, 2.05) is 14.1 Å². The third-order valence-corrected chi connectivity index (χ3v) is 4.27. The van der Waals surface area contributed by atoms with Gasteiger partial charge in [-0.2, -0.15) is 0 Å². The first-order valence-corrected chi connectivity index (χ1v) is 8.46. The fraction of sp³-hybridized carbons (Fsp3) is 0.333. The van der Waals surface area contributed by atoms with Crippen LogP contribution in [0.15, 0.2) is 30.3 Å². The van der Waals surface area contributed by atoms with Crippen LogP contribution in [0.2, 0.25) is 5.15 Å². The smallest absolute Gasteiger partial charge is 0.251 e. The highest BCUT2D eigenvalue weighted by atomic mass is 35.5. The molecule has 138 valence electrons. The second-order valence-corrected chi connectivity index (χ2v) is 6.64. The summed E-state index contributed by atoms with van der Waals surface area (Å²) < 4.78 is 10.6. The number of nitrogens with zero attached hydrogens (tertiary/aromatic N) is 2. The average Bonchev–Trinajstić information content (AvgIpc) is 3.07. The zero-order chi connectivity index (χ0) is 18.8. The maximum Gasteiger partial charge on any atom is 0.251 e. The number of anilines is 1. The van der Waals surface area contributed by atoms with Crippen molar-refractivity contribution in [3.63, 3.8) is 0 Å².